The Morgan fingerprint density at radius 3 is 2.00 bits per heavy atom. The van der Waals surface area contributed by atoms with Crippen LogP contribution >= 0.6 is 0 Å². The van der Waals surface area contributed by atoms with Crippen LogP contribution in [-0.4, -0.2) is 42.4 Å². The molecule has 0 aromatic rings. The minimum atomic E-state index is -3.51. The Kier molecular flexibility index (Phi) is 6.15. The number of rotatable bonds is 7. The molecule has 17 heavy (non-hydrogen) atoms. The number of sulfone groups is 1. The van der Waals surface area contributed by atoms with Crippen LogP contribution in [0.5, 0.6) is 0 Å². The normalized spacial score (nSPS) is 13.4. The monoisotopic (exact) mass is 265 g/mol. The number of aliphatic carboxylic acids is 1. The van der Waals surface area contributed by atoms with Gasteiger partial charge in [-0.2, -0.15) is 0 Å². The molecule has 6 nitrogen and oxygen atoms in total. The first-order valence-electron chi connectivity index (χ1n) is 5.46. The summed E-state index contributed by atoms with van der Waals surface area (Å²) in [6.45, 7) is 4.62. The molecule has 0 heterocycles. The minimum Gasteiger partial charge on any atom is -0.480 e. The maximum Gasteiger partial charge on any atom is 0.327 e. The van der Waals surface area contributed by atoms with E-state index in [0.29, 0.717) is 12.8 Å². The number of nitrogens with one attached hydrogen (secondary N) is 1. The first-order valence-corrected chi connectivity index (χ1v) is 7.17. The van der Waals surface area contributed by atoms with Crippen molar-refractivity contribution in [2.24, 2.45) is 0 Å². The summed E-state index contributed by atoms with van der Waals surface area (Å²) < 4.78 is 23.7. The molecule has 0 spiro atoms. The van der Waals surface area contributed by atoms with E-state index in [1.54, 1.807) is 13.8 Å². The van der Waals surface area contributed by atoms with E-state index in [2.05, 4.69) is 5.32 Å². The van der Waals surface area contributed by atoms with E-state index >= 15 is 0 Å². The highest BCUT2D eigenvalue weighted by molar-refractivity contribution is 7.92. The molecular weight excluding hydrogens is 246 g/mol. The van der Waals surface area contributed by atoms with Crippen LogP contribution in [0, 0.1) is 0 Å². The van der Waals surface area contributed by atoms with Gasteiger partial charge in [-0.3, -0.25) is 4.79 Å². The van der Waals surface area contributed by atoms with Gasteiger partial charge in [0.15, 0.2) is 9.84 Å². The highest BCUT2D eigenvalue weighted by Crippen LogP contribution is 2.12. The van der Waals surface area contributed by atoms with Gasteiger partial charge in [0.2, 0.25) is 5.91 Å². The highest BCUT2D eigenvalue weighted by atomic mass is 32.2. The molecule has 0 aliphatic heterocycles. The Morgan fingerprint density at radius 2 is 1.71 bits per heavy atom. The third-order valence-electron chi connectivity index (χ3n) is 2.49. The molecule has 0 aromatic carbocycles. The number of hydrogen-bond donors (Lipinski definition) is 2. The van der Waals surface area contributed by atoms with Gasteiger partial charge in [-0.1, -0.05) is 13.8 Å². The van der Waals surface area contributed by atoms with E-state index in [0.717, 1.165) is 6.92 Å². The SMILES string of the molecule is CCC(CC)S(=O)(=O)CC(NC(C)=O)C(=O)O. The Hall–Kier alpha value is -1.11. The molecule has 0 bridgehead atoms. The second kappa shape index (κ2) is 6.58. The van der Waals surface area contributed by atoms with Crippen molar-refractivity contribution in [2.45, 2.75) is 44.9 Å². The predicted octanol–water partition coefficient (Wildman–Crippen LogP) is 0.179. The van der Waals surface area contributed by atoms with Crippen molar-refractivity contribution in [1.29, 1.82) is 0 Å². The lowest BCUT2D eigenvalue weighted by atomic mass is 10.3. The zero-order valence-electron chi connectivity index (χ0n) is 10.3. The number of hydrogen-bond acceptors (Lipinski definition) is 4. The molecule has 1 amide bonds. The average molecular weight is 265 g/mol. The molecule has 0 aliphatic carbocycles. The number of carbonyl (C=O) groups is 2. The van der Waals surface area contributed by atoms with Crippen LogP contribution in [0.2, 0.25) is 0 Å². The molecular formula is C10H19NO5S. The van der Waals surface area contributed by atoms with Crippen LogP contribution in [0.1, 0.15) is 33.6 Å². The van der Waals surface area contributed by atoms with Gasteiger partial charge in [-0.25, -0.2) is 13.2 Å². The van der Waals surface area contributed by atoms with Gasteiger partial charge in [0, 0.05) is 6.92 Å². The Morgan fingerprint density at radius 1 is 1.24 bits per heavy atom. The Bertz CT molecular complexity index is 372. The topological polar surface area (TPSA) is 101 Å². The largest absolute Gasteiger partial charge is 0.480 e. The standard InChI is InChI=1S/C10H19NO5S/c1-4-8(5-2)17(15,16)6-9(10(13)14)11-7(3)12/h8-9H,4-6H2,1-3H3,(H,11,12)(H,13,14). The Balaban J connectivity index is 4.86. The van der Waals surface area contributed by atoms with Crippen LogP contribution in [0.15, 0.2) is 0 Å². The number of amides is 1. The lowest BCUT2D eigenvalue weighted by molar-refractivity contribution is -0.140. The van der Waals surface area contributed by atoms with Gasteiger partial charge in [0.05, 0.1) is 11.0 Å². The predicted molar refractivity (Wildman–Crippen MR) is 63.4 cm³/mol. The average Bonchev–Trinajstić information content (AvgIpc) is 2.16. The number of carbonyl (C=O) groups excluding carboxylic acids is 1. The van der Waals surface area contributed by atoms with Crippen molar-refractivity contribution < 1.29 is 23.1 Å². The van der Waals surface area contributed by atoms with Crippen molar-refractivity contribution in [3.8, 4) is 0 Å². The van der Waals surface area contributed by atoms with Crippen molar-refractivity contribution in [2.75, 3.05) is 5.75 Å². The van der Waals surface area contributed by atoms with Gasteiger partial charge in [0.1, 0.15) is 6.04 Å². The Labute approximate surface area is 101 Å². The maximum atomic E-state index is 11.9. The van der Waals surface area contributed by atoms with Crippen molar-refractivity contribution in [3.63, 3.8) is 0 Å². The van der Waals surface area contributed by atoms with Crippen molar-refractivity contribution >= 4 is 21.7 Å². The molecule has 0 radical (unpaired) electrons. The van der Waals surface area contributed by atoms with Gasteiger partial charge in [-0.15, -0.1) is 0 Å². The maximum absolute atomic E-state index is 11.9. The van der Waals surface area contributed by atoms with Crippen LogP contribution in [0.4, 0.5) is 0 Å². The van der Waals surface area contributed by atoms with E-state index in [4.69, 9.17) is 5.11 Å². The fourth-order valence-electron chi connectivity index (χ4n) is 1.58. The molecule has 1 unspecified atom stereocenters. The zero-order valence-corrected chi connectivity index (χ0v) is 11.1. The summed E-state index contributed by atoms with van der Waals surface area (Å²) in [5, 5.41) is 10.4. The lowest BCUT2D eigenvalue weighted by Gasteiger charge is -2.18. The first kappa shape index (κ1) is 15.9. The second-order valence-corrected chi connectivity index (χ2v) is 6.19. The number of carboxylic acids is 1. The summed E-state index contributed by atoms with van der Waals surface area (Å²) in [5.74, 6) is -2.46. The molecule has 0 saturated carbocycles. The lowest BCUT2D eigenvalue weighted by Crippen LogP contribution is -2.46. The van der Waals surface area contributed by atoms with Crippen LogP contribution in [-0.2, 0) is 19.4 Å². The van der Waals surface area contributed by atoms with Crippen LogP contribution in [0.25, 0.3) is 0 Å². The minimum absolute atomic E-state index is 0.436. The van der Waals surface area contributed by atoms with E-state index in [-0.39, 0.29) is 0 Å². The van der Waals surface area contributed by atoms with Crippen LogP contribution in [0.3, 0.4) is 0 Å². The molecule has 7 heteroatoms. The van der Waals surface area contributed by atoms with Crippen LogP contribution < -0.4 is 5.32 Å². The smallest absolute Gasteiger partial charge is 0.327 e. The summed E-state index contributed by atoms with van der Waals surface area (Å²) in [5.41, 5.74) is 0. The molecule has 0 saturated heterocycles. The van der Waals surface area contributed by atoms with E-state index < -0.39 is 38.8 Å². The molecule has 1 atom stereocenters. The van der Waals surface area contributed by atoms with E-state index in [1.807, 2.05) is 0 Å². The molecule has 0 aromatic heterocycles. The molecule has 0 aliphatic rings. The fraction of sp³-hybridized carbons (Fsp3) is 0.800. The third kappa shape index (κ3) is 5.16. The van der Waals surface area contributed by atoms with E-state index in [1.165, 1.54) is 0 Å². The molecule has 100 valence electrons. The second-order valence-electron chi connectivity index (χ2n) is 3.86. The van der Waals surface area contributed by atoms with Crippen molar-refractivity contribution in [1.82, 2.24) is 5.32 Å². The number of carboxylic acid groups (broad SMARTS) is 1. The summed E-state index contributed by atoms with van der Waals surface area (Å²) in [4.78, 5) is 21.6. The van der Waals surface area contributed by atoms with E-state index in [9.17, 15) is 18.0 Å². The third-order valence-corrected chi connectivity index (χ3v) is 4.97. The molecule has 0 fully saturated rings. The summed E-state index contributed by atoms with van der Waals surface area (Å²) in [6.07, 6.45) is 0.872. The fourth-order valence-corrected chi connectivity index (χ4v) is 3.56. The highest BCUT2D eigenvalue weighted by Gasteiger charge is 2.30. The zero-order chi connectivity index (χ0) is 13.6. The quantitative estimate of drug-likeness (QED) is 0.684. The summed E-state index contributed by atoms with van der Waals surface area (Å²) in [7, 11) is -3.51. The van der Waals surface area contributed by atoms with Gasteiger partial charge >= 0.3 is 5.97 Å². The molecule has 0 rings (SSSR count). The van der Waals surface area contributed by atoms with Gasteiger partial charge in [0.25, 0.3) is 0 Å². The summed E-state index contributed by atoms with van der Waals surface area (Å²) >= 11 is 0. The van der Waals surface area contributed by atoms with Crippen molar-refractivity contribution in [3.05, 3.63) is 0 Å². The van der Waals surface area contributed by atoms with Gasteiger partial charge in [-0.05, 0) is 12.8 Å². The summed E-state index contributed by atoms with van der Waals surface area (Å²) in [6, 6.07) is -1.38. The molecule has 2 N–H and O–H groups in total. The van der Waals surface area contributed by atoms with Gasteiger partial charge < -0.3 is 10.4 Å². The first-order chi connectivity index (χ1) is 7.74.